The van der Waals surface area contributed by atoms with Gasteiger partial charge in [-0.2, -0.15) is 0 Å². The number of aryl methyl sites for hydroxylation is 1. The highest BCUT2D eigenvalue weighted by molar-refractivity contribution is 7.98. The second-order valence-corrected chi connectivity index (χ2v) is 7.33. The highest BCUT2D eigenvalue weighted by atomic mass is 32.2. The number of thiophene rings is 1. The average molecular weight is 370 g/mol. The van der Waals surface area contributed by atoms with Crippen LogP contribution in [0.2, 0.25) is 0 Å². The number of benzene rings is 1. The zero-order valence-corrected chi connectivity index (χ0v) is 15.0. The molecule has 0 radical (unpaired) electrons. The smallest absolute Gasteiger partial charge is 0.247 e. The van der Waals surface area contributed by atoms with Crippen molar-refractivity contribution in [2.75, 3.05) is 0 Å². The Morgan fingerprint density at radius 3 is 2.80 bits per heavy atom. The third-order valence-electron chi connectivity index (χ3n) is 3.47. The zero-order valence-electron chi connectivity index (χ0n) is 13.4. The maximum atomic E-state index is 5.73. The summed E-state index contributed by atoms with van der Waals surface area (Å²) in [5.74, 6) is 1.59. The molecule has 9 heteroatoms. The summed E-state index contributed by atoms with van der Waals surface area (Å²) in [4.78, 5) is 1.20. The van der Waals surface area contributed by atoms with Crippen LogP contribution in [0.5, 0.6) is 0 Å². The summed E-state index contributed by atoms with van der Waals surface area (Å²) in [6.45, 7) is 2.70. The lowest BCUT2D eigenvalue weighted by Crippen LogP contribution is -2.02. The van der Waals surface area contributed by atoms with E-state index >= 15 is 0 Å². The second kappa shape index (κ2) is 7.16. The molecule has 0 unspecified atom stereocenters. The van der Waals surface area contributed by atoms with Crippen LogP contribution in [-0.4, -0.2) is 30.4 Å². The van der Waals surface area contributed by atoms with E-state index in [9.17, 15) is 0 Å². The SMILES string of the molecule is Cc1ccc(-c2nnc(CSc3nnnn3Cc3cccs3)o2)cc1. The first-order chi connectivity index (χ1) is 12.3. The van der Waals surface area contributed by atoms with Crippen LogP contribution in [0.15, 0.2) is 51.4 Å². The van der Waals surface area contributed by atoms with Gasteiger partial charge >= 0.3 is 0 Å². The van der Waals surface area contributed by atoms with Gasteiger partial charge in [-0.25, -0.2) is 4.68 Å². The van der Waals surface area contributed by atoms with Crippen LogP contribution in [0.4, 0.5) is 0 Å². The molecule has 4 aromatic rings. The van der Waals surface area contributed by atoms with Crippen molar-refractivity contribution >= 4 is 23.1 Å². The molecule has 0 aliphatic rings. The Balaban J connectivity index is 1.42. The maximum absolute atomic E-state index is 5.73. The van der Waals surface area contributed by atoms with Gasteiger partial charge in [0.2, 0.25) is 16.9 Å². The molecule has 0 aliphatic carbocycles. The summed E-state index contributed by atoms with van der Waals surface area (Å²) in [6.07, 6.45) is 0. The summed E-state index contributed by atoms with van der Waals surface area (Å²) in [5, 5.41) is 22.8. The van der Waals surface area contributed by atoms with Crippen LogP contribution in [0.1, 0.15) is 16.3 Å². The van der Waals surface area contributed by atoms with Crippen molar-refractivity contribution in [3.05, 3.63) is 58.1 Å². The molecule has 1 aromatic carbocycles. The van der Waals surface area contributed by atoms with Crippen LogP contribution in [0.25, 0.3) is 11.5 Å². The standard InChI is InChI=1S/C16H14N6OS2/c1-11-4-6-12(7-5-11)15-18-17-14(23-15)10-25-16-19-20-21-22(16)9-13-3-2-8-24-13/h2-8H,9-10H2,1H3. The number of tetrazole rings is 1. The Labute approximate surface area is 152 Å². The van der Waals surface area contributed by atoms with Gasteiger partial charge in [0.25, 0.3) is 0 Å². The monoisotopic (exact) mass is 370 g/mol. The minimum absolute atomic E-state index is 0.518. The minimum atomic E-state index is 0.518. The molecule has 3 aromatic heterocycles. The molecule has 3 heterocycles. The molecule has 0 spiro atoms. The predicted octanol–water partition coefficient (Wildman–Crippen LogP) is 3.43. The molecule has 0 bridgehead atoms. The number of hydrogen-bond donors (Lipinski definition) is 0. The van der Waals surface area contributed by atoms with Gasteiger partial charge in [0.15, 0.2) is 0 Å². The van der Waals surface area contributed by atoms with Gasteiger partial charge in [-0.1, -0.05) is 35.5 Å². The molecule has 0 saturated heterocycles. The van der Waals surface area contributed by atoms with Gasteiger partial charge in [0.1, 0.15) is 0 Å². The summed E-state index contributed by atoms with van der Waals surface area (Å²) < 4.78 is 7.51. The molecule has 0 saturated carbocycles. The normalized spacial score (nSPS) is 11.1. The van der Waals surface area contributed by atoms with Crippen molar-refractivity contribution in [2.24, 2.45) is 0 Å². The van der Waals surface area contributed by atoms with E-state index in [4.69, 9.17) is 4.42 Å². The topological polar surface area (TPSA) is 82.5 Å². The first-order valence-corrected chi connectivity index (χ1v) is 9.45. The predicted molar refractivity (Wildman–Crippen MR) is 95.3 cm³/mol. The summed E-state index contributed by atoms with van der Waals surface area (Å²) in [5.41, 5.74) is 2.11. The molecule has 25 heavy (non-hydrogen) atoms. The highest BCUT2D eigenvalue weighted by Gasteiger charge is 2.12. The summed E-state index contributed by atoms with van der Waals surface area (Å²) in [6, 6.07) is 12.1. The van der Waals surface area contributed by atoms with E-state index in [1.807, 2.05) is 42.6 Å². The number of nitrogens with zero attached hydrogens (tertiary/aromatic N) is 6. The Bertz CT molecular complexity index is 945. The van der Waals surface area contributed by atoms with Crippen molar-refractivity contribution in [1.82, 2.24) is 30.4 Å². The molecule has 126 valence electrons. The lowest BCUT2D eigenvalue weighted by molar-refractivity contribution is 0.527. The first kappa shape index (κ1) is 16.0. The van der Waals surface area contributed by atoms with Crippen molar-refractivity contribution in [1.29, 1.82) is 0 Å². The van der Waals surface area contributed by atoms with E-state index in [-0.39, 0.29) is 0 Å². The van der Waals surface area contributed by atoms with Crippen molar-refractivity contribution in [3.8, 4) is 11.5 Å². The van der Waals surface area contributed by atoms with Crippen LogP contribution >= 0.6 is 23.1 Å². The molecule has 7 nitrogen and oxygen atoms in total. The summed E-state index contributed by atoms with van der Waals surface area (Å²) in [7, 11) is 0. The lowest BCUT2D eigenvalue weighted by Gasteiger charge is -2.01. The fourth-order valence-corrected chi connectivity index (χ4v) is 3.60. The van der Waals surface area contributed by atoms with E-state index in [0.29, 0.717) is 24.1 Å². The van der Waals surface area contributed by atoms with Crippen LogP contribution in [0.3, 0.4) is 0 Å². The number of rotatable bonds is 6. The van der Waals surface area contributed by atoms with Crippen LogP contribution in [0, 0.1) is 6.92 Å². The largest absolute Gasteiger partial charge is 0.420 e. The van der Waals surface area contributed by atoms with Crippen molar-refractivity contribution in [3.63, 3.8) is 0 Å². The Morgan fingerprint density at radius 1 is 1.12 bits per heavy atom. The maximum Gasteiger partial charge on any atom is 0.247 e. The third kappa shape index (κ3) is 3.77. The molecular formula is C16H14N6OS2. The van der Waals surface area contributed by atoms with Gasteiger partial charge in [-0.3, -0.25) is 0 Å². The molecule has 0 aliphatic heterocycles. The third-order valence-corrected chi connectivity index (χ3v) is 5.28. The van der Waals surface area contributed by atoms with Gasteiger partial charge in [0.05, 0.1) is 12.3 Å². The Hall–Kier alpha value is -2.52. The average Bonchev–Trinajstić information content (AvgIpc) is 3.36. The fraction of sp³-hybridized carbons (Fsp3) is 0.188. The second-order valence-electron chi connectivity index (χ2n) is 5.35. The quantitative estimate of drug-likeness (QED) is 0.481. The van der Waals surface area contributed by atoms with Gasteiger partial charge < -0.3 is 4.42 Å². The van der Waals surface area contributed by atoms with Gasteiger partial charge in [0, 0.05) is 10.4 Å². The molecule has 0 amide bonds. The Kier molecular flexibility index (Phi) is 4.57. The Morgan fingerprint density at radius 2 is 2.00 bits per heavy atom. The van der Waals surface area contributed by atoms with E-state index in [1.54, 1.807) is 16.0 Å². The molecule has 0 N–H and O–H groups in total. The number of hydrogen-bond acceptors (Lipinski definition) is 8. The van der Waals surface area contributed by atoms with Crippen LogP contribution in [-0.2, 0) is 12.3 Å². The van der Waals surface area contributed by atoms with Crippen molar-refractivity contribution < 1.29 is 4.42 Å². The van der Waals surface area contributed by atoms with E-state index in [2.05, 4.69) is 31.8 Å². The van der Waals surface area contributed by atoms with E-state index < -0.39 is 0 Å². The molecular weight excluding hydrogens is 356 g/mol. The number of aromatic nitrogens is 6. The van der Waals surface area contributed by atoms with E-state index in [1.165, 1.54) is 22.2 Å². The molecule has 0 atom stereocenters. The van der Waals surface area contributed by atoms with Gasteiger partial charge in [-0.05, 0) is 40.9 Å². The van der Waals surface area contributed by atoms with Gasteiger partial charge in [-0.15, -0.1) is 26.6 Å². The minimum Gasteiger partial charge on any atom is -0.420 e. The highest BCUT2D eigenvalue weighted by Crippen LogP contribution is 2.24. The summed E-state index contributed by atoms with van der Waals surface area (Å²) >= 11 is 3.15. The molecule has 0 fully saturated rings. The van der Waals surface area contributed by atoms with E-state index in [0.717, 1.165) is 10.7 Å². The van der Waals surface area contributed by atoms with Crippen LogP contribution < -0.4 is 0 Å². The number of thioether (sulfide) groups is 1. The van der Waals surface area contributed by atoms with Crippen molar-refractivity contribution in [2.45, 2.75) is 24.4 Å². The fourth-order valence-electron chi connectivity index (χ4n) is 2.20. The molecule has 4 rings (SSSR count). The zero-order chi connectivity index (χ0) is 17.1. The lowest BCUT2D eigenvalue weighted by atomic mass is 10.1. The first-order valence-electron chi connectivity index (χ1n) is 7.59.